The first-order valence-electron chi connectivity index (χ1n) is 6.62. The van der Waals surface area contributed by atoms with Gasteiger partial charge >= 0.3 is 0 Å². The molecule has 0 radical (unpaired) electrons. The molecule has 0 aliphatic carbocycles. The standard InChI is InChI=1S/C16H13NO3/c18-16-12-4-2-1-3-11(12)15(17-16)10-5-6-13-14(9-10)20-8-7-19-13/h1-6,9,15H,7-8H2,(H,17,18). The number of hydrogen-bond acceptors (Lipinski definition) is 3. The minimum absolute atomic E-state index is 0.0273. The van der Waals surface area contributed by atoms with Gasteiger partial charge in [-0.25, -0.2) is 0 Å². The normalized spacial score (nSPS) is 19.4. The molecule has 0 fully saturated rings. The number of carbonyl (C=O) groups excluding carboxylic acids is 1. The van der Waals surface area contributed by atoms with Crippen molar-refractivity contribution in [1.82, 2.24) is 5.32 Å². The average Bonchev–Trinajstić information content (AvgIpc) is 2.85. The van der Waals surface area contributed by atoms with Crippen LogP contribution in [0.3, 0.4) is 0 Å². The second-order valence-electron chi connectivity index (χ2n) is 4.90. The largest absolute Gasteiger partial charge is 0.486 e. The molecule has 0 aromatic heterocycles. The second-order valence-corrected chi connectivity index (χ2v) is 4.90. The smallest absolute Gasteiger partial charge is 0.252 e. The van der Waals surface area contributed by atoms with E-state index in [1.165, 1.54) is 0 Å². The summed E-state index contributed by atoms with van der Waals surface area (Å²) in [4.78, 5) is 12.0. The maximum absolute atomic E-state index is 12.0. The molecule has 2 heterocycles. The van der Waals surface area contributed by atoms with Gasteiger partial charge in [-0.15, -0.1) is 0 Å². The summed E-state index contributed by atoms with van der Waals surface area (Å²) in [7, 11) is 0. The fraction of sp³-hybridized carbons (Fsp3) is 0.188. The molecule has 1 amide bonds. The first kappa shape index (κ1) is 11.3. The Kier molecular flexibility index (Phi) is 2.42. The summed E-state index contributed by atoms with van der Waals surface area (Å²) in [6, 6.07) is 13.4. The van der Waals surface area contributed by atoms with Crippen LogP contribution in [0.15, 0.2) is 42.5 Å². The Morgan fingerprint density at radius 1 is 1.00 bits per heavy atom. The molecule has 4 rings (SSSR count). The second kappa shape index (κ2) is 4.27. The molecule has 20 heavy (non-hydrogen) atoms. The number of fused-ring (bicyclic) bond motifs is 2. The molecule has 2 aliphatic heterocycles. The number of ether oxygens (including phenoxy) is 2. The lowest BCUT2D eigenvalue weighted by Crippen LogP contribution is -2.20. The van der Waals surface area contributed by atoms with E-state index < -0.39 is 0 Å². The molecule has 4 heteroatoms. The number of hydrogen-bond donors (Lipinski definition) is 1. The predicted molar refractivity (Wildman–Crippen MR) is 73.2 cm³/mol. The molecule has 0 saturated heterocycles. The fourth-order valence-corrected chi connectivity index (χ4v) is 2.74. The highest BCUT2D eigenvalue weighted by molar-refractivity contribution is 5.99. The number of rotatable bonds is 1. The van der Waals surface area contributed by atoms with E-state index in [1.807, 2.05) is 42.5 Å². The summed E-state index contributed by atoms with van der Waals surface area (Å²) in [5.41, 5.74) is 2.76. The van der Waals surface area contributed by atoms with Crippen molar-refractivity contribution in [3.05, 3.63) is 59.2 Å². The van der Waals surface area contributed by atoms with E-state index in [2.05, 4.69) is 5.32 Å². The summed E-state index contributed by atoms with van der Waals surface area (Å²) in [5.74, 6) is 1.48. The van der Waals surface area contributed by atoms with Crippen LogP contribution < -0.4 is 14.8 Å². The number of carbonyl (C=O) groups is 1. The van der Waals surface area contributed by atoms with Crippen LogP contribution in [0.5, 0.6) is 11.5 Å². The fourth-order valence-electron chi connectivity index (χ4n) is 2.74. The zero-order chi connectivity index (χ0) is 13.5. The van der Waals surface area contributed by atoms with E-state index in [0.29, 0.717) is 13.2 Å². The van der Waals surface area contributed by atoms with Gasteiger partial charge in [0.05, 0.1) is 6.04 Å². The summed E-state index contributed by atoms with van der Waals surface area (Å²) in [6.07, 6.45) is 0. The van der Waals surface area contributed by atoms with Gasteiger partial charge in [-0.1, -0.05) is 24.3 Å². The van der Waals surface area contributed by atoms with Crippen molar-refractivity contribution in [2.75, 3.05) is 13.2 Å². The molecule has 1 unspecified atom stereocenters. The summed E-state index contributed by atoms with van der Waals surface area (Å²) >= 11 is 0. The molecule has 100 valence electrons. The van der Waals surface area contributed by atoms with Gasteiger partial charge in [0, 0.05) is 5.56 Å². The van der Waals surface area contributed by atoms with E-state index in [1.54, 1.807) is 0 Å². The summed E-state index contributed by atoms with van der Waals surface area (Å²) in [5, 5.41) is 3.01. The van der Waals surface area contributed by atoms with Gasteiger partial charge in [0.25, 0.3) is 5.91 Å². The van der Waals surface area contributed by atoms with Crippen LogP contribution in [0.4, 0.5) is 0 Å². The molecule has 1 atom stereocenters. The first-order chi connectivity index (χ1) is 9.83. The Balaban J connectivity index is 1.77. The van der Waals surface area contributed by atoms with Crippen LogP contribution >= 0.6 is 0 Å². The van der Waals surface area contributed by atoms with Crippen molar-refractivity contribution in [2.45, 2.75) is 6.04 Å². The van der Waals surface area contributed by atoms with Gasteiger partial charge in [-0.3, -0.25) is 4.79 Å². The third-order valence-corrected chi connectivity index (χ3v) is 3.69. The Hall–Kier alpha value is -2.49. The van der Waals surface area contributed by atoms with E-state index in [0.717, 1.165) is 28.2 Å². The van der Waals surface area contributed by atoms with Crippen LogP contribution in [-0.2, 0) is 0 Å². The molecule has 0 spiro atoms. The highest BCUT2D eigenvalue weighted by Crippen LogP contribution is 2.36. The molecule has 2 aromatic carbocycles. The monoisotopic (exact) mass is 267 g/mol. The van der Waals surface area contributed by atoms with Crippen molar-refractivity contribution < 1.29 is 14.3 Å². The van der Waals surface area contributed by atoms with E-state index >= 15 is 0 Å². The quantitative estimate of drug-likeness (QED) is 0.862. The topological polar surface area (TPSA) is 47.6 Å². The number of amides is 1. The van der Waals surface area contributed by atoms with Gasteiger partial charge in [0.15, 0.2) is 11.5 Å². The van der Waals surface area contributed by atoms with Crippen molar-refractivity contribution in [3.63, 3.8) is 0 Å². The van der Waals surface area contributed by atoms with Gasteiger partial charge < -0.3 is 14.8 Å². The Morgan fingerprint density at radius 2 is 1.80 bits per heavy atom. The van der Waals surface area contributed by atoms with Crippen LogP contribution in [0.1, 0.15) is 27.5 Å². The number of nitrogens with one attached hydrogen (secondary N) is 1. The summed E-state index contributed by atoms with van der Waals surface area (Å²) < 4.78 is 11.1. The zero-order valence-corrected chi connectivity index (χ0v) is 10.8. The van der Waals surface area contributed by atoms with E-state index in [-0.39, 0.29) is 11.9 Å². The molecular formula is C16H13NO3. The van der Waals surface area contributed by atoms with Crippen molar-refractivity contribution in [2.24, 2.45) is 0 Å². The van der Waals surface area contributed by atoms with Crippen molar-refractivity contribution in [1.29, 1.82) is 0 Å². The Morgan fingerprint density at radius 3 is 2.70 bits per heavy atom. The van der Waals surface area contributed by atoms with E-state index in [9.17, 15) is 4.79 Å². The highest BCUT2D eigenvalue weighted by atomic mass is 16.6. The Bertz CT molecular complexity index is 696. The molecule has 1 N–H and O–H groups in total. The minimum atomic E-state index is -0.116. The van der Waals surface area contributed by atoms with Gasteiger partial charge in [-0.2, -0.15) is 0 Å². The van der Waals surface area contributed by atoms with E-state index in [4.69, 9.17) is 9.47 Å². The average molecular weight is 267 g/mol. The molecule has 0 saturated carbocycles. The van der Waals surface area contributed by atoms with Crippen LogP contribution in [0, 0.1) is 0 Å². The molecular weight excluding hydrogens is 254 g/mol. The third kappa shape index (κ3) is 1.65. The third-order valence-electron chi connectivity index (χ3n) is 3.69. The first-order valence-corrected chi connectivity index (χ1v) is 6.62. The predicted octanol–water partition coefficient (Wildman–Crippen LogP) is 2.29. The summed E-state index contributed by atoms with van der Waals surface area (Å²) in [6.45, 7) is 1.14. The zero-order valence-electron chi connectivity index (χ0n) is 10.8. The molecule has 0 bridgehead atoms. The SMILES string of the molecule is O=C1NC(c2ccc3c(c2)OCCO3)c2ccccc21. The lowest BCUT2D eigenvalue weighted by atomic mass is 9.98. The minimum Gasteiger partial charge on any atom is -0.486 e. The number of benzene rings is 2. The lowest BCUT2D eigenvalue weighted by molar-refractivity contribution is 0.0960. The lowest BCUT2D eigenvalue weighted by Gasteiger charge is -2.20. The molecule has 2 aromatic rings. The van der Waals surface area contributed by atoms with Crippen molar-refractivity contribution >= 4 is 5.91 Å². The molecule has 2 aliphatic rings. The molecule has 4 nitrogen and oxygen atoms in total. The maximum atomic E-state index is 12.0. The van der Waals surface area contributed by atoms with Crippen LogP contribution in [0.25, 0.3) is 0 Å². The van der Waals surface area contributed by atoms with Crippen molar-refractivity contribution in [3.8, 4) is 11.5 Å². The van der Waals surface area contributed by atoms with Gasteiger partial charge in [-0.05, 0) is 29.3 Å². The maximum Gasteiger partial charge on any atom is 0.252 e. The van der Waals surface area contributed by atoms with Crippen LogP contribution in [-0.4, -0.2) is 19.1 Å². The highest BCUT2D eigenvalue weighted by Gasteiger charge is 2.29. The van der Waals surface area contributed by atoms with Gasteiger partial charge in [0.2, 0.25) is 0 Å². The van der Waals surface area contributed by atoms with Crippen LogP contribution in [0.2, 0.25) is 0 Å². The van der Waals surface area contributed by atoms with Gasteiger partial charge in [0.1, 0.15) is 13.2 Å². The Labute approximate surface area is 116 Å².